The Kier molecular flexibility index (Phi) is 6.76. The standard InChI is InChI=1S/C24H21ClN4O3S/c25-20-7-5-8-21(15-20)28-33(31,32)23-11-4-6-19(14-23)24(30)26-13-12-18-16-27-29(17-18)22-9-2-1-3-10-22/h1-11,14-17,28H,12-13H2,(H,26,30). The molecule has 0 fully saturated rings. The number of carbonyl (C=O) groups excluding carboxylic acids is 1. The van der Waals surface area contributed by atoms with Crippen LogP contribution in [0, 0.1) is 0 Å². The van der Waals surface area contributed by atoms with Crippen molar-refractivity contribution in [3.05, 3.63) is 107 Å². The number of amides is 1. The molecule has 0 spiro atoms. The van der Waals surface area contributed by atoms with Gasteiger partial charge in [0.1, 0.15) is 0 Å². The number of hydrogen-bond acceptors (Lipinski definition) is 4. The molecule has 0 radical (unpaired) electrons. The summed E-state index contributed by atoms with van der Waals surface area (Å²) in [6.07, 6.45) is 4.26. The highest BCUT2D eigenvalue weighted by Gasteiger charge is 2.17. The maximum Gasteiger partial charge on any atom is 0.261 e. The number of carbonyl (C=O) groups is 1. The highest BCUT2D eigenvalue weighted by atomic mass is 35.5. The van der Waals surface area contributed by atoms with Crippen LogP contribution in [0.3, 0.4) is 0 Å². The van der Waals surface area contributed by atoms with Gasteiger partial charge in [-0.1, -0.05) is 41.9 Å². The van der Waals surface area contributed by atoms with E-state index in [0.717, 1.165) is 11.3 Å². The average molecular weight is 481 g/mol. The zero-order valence-corrected chi connectivity index (χ0v) is 19.1. The number of anilines is 1. The van der Waals surface area contributed by atoms with Gasteiger partial charge in [-0.2, -0.15) is 5.10 Å². The van der Waals surface area contributed by atoms with Gasteiger partial charge >= 0.3 is 0 Å². The summed E-state index contributed by atoms with van der Waals surface area (Å²) >= 11 is 5.92. The summed E-state index contributed by atoms with van der Waals surface area (Å²) in [6.45, 7) is 0.386. The van der Waals surface area contributed by atoms with Crippen molar-refractivity contribution in [3.63, 3.8) is 0 Å². The largest absolute Gasteiger partial charge is 0.352 e. The number of nitrogens with one attached hydrogen (secondary N) is 2. The fourth-order valence-electron chi connectivity index (χ4n) is 3.20. The van der Waals surface area contributed by atoms with E-state index >= 15 is 0 Å². The Labute approximate surface area is 197 Å². The Morgan fingerprint density at radius 1 is 0.970 bits per heavy atom. The molecule has 1 amide bonds. The molecule has 1 heterocycles. The quantitative estimate of drug-likeness (QED) is 0.393. The number of halogens is 1. The van der Waals surface area contributed by atoms with Crippen molar-refractivity contribution < 1.29 is 13.2 Å². The van der Waals surface area contributed by atoms with Gasteiger partial charge in [-0.15, -0.1) is 0 Å². The predicted molar refractivity (Wildman–Crippen MR) is 128 cm³/mol. The second-order valence-electron chi connectivity index (χ2n) is 7.28. The number of nitrogens with zero attached hydrogens (tertiary/aromatic N) is 2. The molecular weight excluding hydrogens is 460 g/mol. The van der Waals surface area contributed by atoms with Crippen molar-refractivity contribution in [3.8, 4) is 5.69 Å². The summed E-state index contributed by atoms with van der Waals surface area (Å²) in [5, 5.41) is 7.58. The molecule has 33 heavy (non-hydrogen) atoms. The molecule has 0 aliphatic heterocycles. The van der Waals surface area contributed by atoms with Crippen LogP contribution in [-0.4, -0.2) is 30.7 Å². The van der Waals surface area contributed by atoms with E-state index in [-0.39, 0.29) is 16.4 Å². The van der Waals surface area contributed by atoms with Crippen LogP contribution in [0.15, 0.2) is 96.2 Å². The summed E-state index contributed by atoms with van der Waals surface area (Å²) in [5.41, 5.74) is 2.52. The van der Waals surface area contributed by atoms with Gasteiger partial charge in [0.2, 0.25) is 0 Å². The normalized spacial score (nSPS) is 11.2. The van der Waals surface area contributed by atoms with Crippen LogP contribution in [0.2, 0.25) is 5.02 Å². The van der Waals surface area contributed by atoms with E-state index in [9.17, 15) is 13.2 Å². The van der Waals surface area contributed by atoms with Gasteiger partial charge in [0.25, 0.3) is 15.9 Å². The number of sulfonamides is 1. The van der Waals surface area contributed by atoms with Gasteiger partial charge in [-0.3, -0.25) is 9.52 Å². The summed E-state index contributed by atoms with van der Waals surface area (Å²) in [6, 6.07) is 22.0. The lowest BCUT2D eigenvalue weighted by atomic mass is 10.2. The maximum atomic E-state index is 12.7. The van der Waals surface area contributed by atoms with Crippen LogP contribution in [0.1, 0.15) is 15.9 Å². The first-order valence-corrected chi connectivity index (χ1v) is 12.0. The third-order valence-electron chi connectivity index (χ3n) is 4.84. The Morgan fingerprint density at radius 2 is 1.76 bits per heavy atom. The minimum Gasteiger partial charge on any atom is -0.352 e. The molecule has 7 nitrogen and oxygen atoms in total. The van der Waals surface area contributed by atoms with E-state index in [1.807, 2.05) is 36.5 Å². The zero-order chi connectivity index (χ0) is 23.3. The summed E-state index contributed by atoms with van der Waals surface area (Å²) < 4.78 is 29.7. The monoisotopic (exact) mass is 480 g/mol. The molecule has 2 N–H and O–H groups in total. The Bertz CT molecular complexity index is 1370. The fourth-order valence-corrected chi connectivity index (χ4v) is 4.49. The molecule has 168 valence electrons. The van der Waals surface area contributed by atoms with Gasteiger partial charge in [-0.05, 0) is 60.5 Å². The average Bonchev–Trinajstić information content (AvgIpc) is 3.28. The van der Waals surface area contributed by atoms with Crippen LogP contribution in [0.5, 0.6) is 0 Å². The van der Waals surface area contributed by atoms with E-state index in [0.29, 0.717) is 23.7 Å². The minimum atomic E-state index is -3.87. The molecule has 4 aromatic rings. The maximum absolute atomic E-state index is 12.7. The Morgan fingerprint density at radius 3 is 2.55 bits per heavy atom. The highest BCUT2D eigenvalue weighted by Crippen LogP contribution is 2.20. The van der Waals surface area contributed by atoms with E-state index in [4.69, 9.17) is 11.6 Å². The Balaban J connectivity index is 1.37. The number of aromatic nitrogens is 2. The molecule has 0 bridgehead atoms. The van der Waals surface area contributed by atoms with Crippen LogP contribution < -0.4 is 10.0 Å². The summed E-state index contributed by atoms with van der Waals surface area (Å²) in [7, 11) is -3.87. The molecular formula is C24H21ClN4O3S. The summed E-state index contributed by atoms with van der Waals surface area (Å²) in [4.78, 5) is 12.6. The molecule has 0 aliphatic rings. The third-order valence-corrected chi connectivity index (χ3v) is 6.45. The zero-order valence-electron chi connectivity index (χ0n) is 17.5. The molecule has 0 aliphatic carbocycles. The lowest BCUT2D eigenvalue weighted by molar-refractivity contribution is 0.0954. The van der Waals surface area contributed by atoms with Crippen molar-refractivity contribution in [2.75, 3.05) is 11.3 Å². The van der Waals surface area contributed by atoms with Gasteiger partial charge in [-0.25, -0.2) is 13.1 Å². The first kappa shape index (κ1) is 22.6. The second kappa shape index (κ2) is 9.89. The van der Waals surface area contributed by atoms with Gasteiger partial charge < -0.3 is 5.32 Å². The third kappa shape index (κ3) is 5.79. The number of hydrogen-bond donors (Lipinski definition) is 2. The molecule has 9 heteroatoms. The smallest absolute Gasteiger partial charge is 0.261 e. The molecule has 1 aromatic heterocycles. The molecule has 0 atom stereocenters. The van der Waals surface area contributed by atoms with Crippen molar-refractivity contribution >= 4 is 33.2 Å². The first-order valence-electron chi connectivity index (χ1n) is 10.2. The minimum absolute atomic E-state index is 0.0146. The predicted octanol–water partition coefficient (Wildman–Crippen LogP) is 4.30. The van der Waals surface area contributed by atoms with E-state index in [1.165, 1.54) is 24.3 Å². The van der Waals surface area contributed by atoms with Gasteiger partial charge in [0.05, 0.1) is 22.5 Å². The number of para-hydroxylation sites is 1. The van der Waals surface area contributed by atoms with Crippen LogP contribution in [0.4, 0.5) is 5.69 Å². The van der Waals surface area contributed by atoms with Gasteiger partial charge in [0, 0.05) is 23.3 Å². The molecule has 4 rings (SSSR count). The highest BCUT2D eigenvalue weighted by molar-refractivity contribution is 7.92. The van der Waals surface area contributed by atoms with Gasteiger partial charge in [0.15, 0.2) is 0 Å². The topological polar surface area (TPSA) is 93.1 Å². The molecule has 3 aromatic carbocycles. The number of benzene rings is 3. The molecule has 0 saturated carbocycles. The molecule has 0 saturated heterocycles. The fraction of sp³-hybridized carbons (Fsp3) is 0.0833. The van der Waals surface area contributed by atoms with Crippen molar-refractivity contribution in [2.45, 2.75) is 11.3 Å². The van der Waals surface area contributed by atoms with E-state index in [2.05, 4.69) is 15.1 Å². The first-order chi connectivity index (χ1) is 15.9. The van der Waals surface area contributed by atoms with Crippen LogP contribution >= 0.6 is 11.6 Å². The SMILES string of the molecule is O=C(NCCc1cnn(-c2ccccc2)c1)c1cccc(S(=O)(=O)Nc2cccc(Cl)c2)c1. The lowest BCUT2D eigenvalue weighted by Gasteiger charge is -2.10. The van der Waals surface area contributed by atoms with Crippen LogP contribution in [0.25, 0.3) is 5.69 Å². The van der Waals surface area contributed by atoms with Crippen molar-refractivity contribution in [2.24, 2.45) is 0 Å². The Hall–Kier alpha value is -3.62. The van der Waals surface area contributed by atoms with Crippen molar-refractivity contribution in [1.82, 2.24) is 15.1 Å². The van der Waals surface area contributed by atoms with E-state index in [1.54, 1.807) is 35.1 Å². The lowest BCUT2D eigenvalue weighted by Crippen LogP contribution is -2.26. The van der Waals surface area contributed by atoms with E-state index < -0.39 is 10.0 Å². The summed E-state index contributed by atoms with van der Waals surface area (Å²) in [5.74, 6) is -0.356. The second-order valence-corrected chi connectivity index (χ2v) is 9.40. The van der Waals surface area contributed by atoms with Crippen molar-refractivity contribution in [1.29, 1.82) is 0 Å². The molecule has 0 unspecified atom stereocenters. The van der Waals surface area contributed by atoms with Crippen LogP contribution in [-0.2, 0) is 16.4 Å². The number of rotatable bonds is 8.